The molecule has 1 aliphatic heterocycles. The van der Waals surface area contributed by atoms with Gasteiger partial charge in [0.15, 0.2) is 0 Å². The van der Waals surface area contributed by atoms with Gasteiger partial charge in [-0.2, -0.15) is 0 Å². The van der Waals surface area contributed by atoms with E-state index in [4.69, 9.17) is 5.73 Å². The molecule has 1 amide bonds. The fraction of sp³-hybridized carbons (Fsp3) is 0.350. The summed E-state index contributed by atoms with van der Waals surface area (Å²) in [5.41, 5.74) is 9.83. The Labute approximate surface area is 168 Å². The predicted molar refractivity (Wildman–Crippen MR) is 112 cm³/mol. The molecule has 1 fully saturated rings. The van der Waals surface area contributed by atoms with Gasteiger partial charge in [0.1, 0.15) is 0 Å². The minimum Gasteiger partial charge on any atom is -0.399 e. The first kappa shape index (κ1) is 22.3. The Balaban J connectivity index is 0.00000169. The van der Waals surface area contributed by atoms with E-state index >= 15 is 0 Å². The maximum absolute atomic E-state index is 12.1. The summed E-state index contributed by atoms with van der Waals surface area (Å²) in [6, 6.07) is 15.9. The van der Waals surface area contributed by atoms with Crippen LogP contribution < -0.4 is 11.1 Å². The van der Waals surface area contributed by atoms with Crippen molar-refractivity contribution in [3.63, 3.8) is 0 Å². The highest BCUT2D eigenvalue weighted by Gasteiger charge is 2.11. The van der Waals surface area contributed by atoms with Crippen molar-refractivity contribution in [3.05, 3.63) is 65.2 Å². The van der Waals surface area contributed by atoms with Gasteiger partial charge >= 0.3 is 0 Å². The third-order valence-corrected chi connectivity index (χ3v) is 4.43. The molecule has 0 aromatic heterocycles. The van der Waals surface area contributed by atoms with Gasteiger partial charge in [0, 0.05) is 18.8 Å². The number of benzene rings is 2. The van der Waals surface area contributed by atoms with Crippen LogP contribution in [0.4, 0.5) is 5.69 Å². The summed E-state index contributed by atoms with van der Waals surface area (Å²) in [6.07, 6.45) is 3.00. The first-order valence-electron chi connectivity index (χ1n) is 8.60. The molecule has 1 aliphatic rings. The van der Waals surface area contributed by atoms with Crippen LogP contribution in [0.15, 0.2) is 48.5 Å². The van der Waals surface area contributed by atoms with Gasteiger partial charge in [0.25, 0.3) is 0 Å². The molecule has 3 N–H and O–H groups in total. The number of nitrogen functional groups attached to an aromatic ring is 1. The number of amides is 1. The lowest BCUT2D eigenvalue weighted by molar-refractivity contribution is -0.120. The molecule has 0 aliphatic carbocycles. The fourth-order valence-electron chi connectivity index (χ4n) is 3.12. The number of nitrogens with one attached hydrogen (secondary N) is 1. The molecule has 0 spiro atoms. The van der Waals surface area contributed by atoms with Gasteiger partial charge in [-0.1, -0.05) is 36.4 Å². The molecule has 2 aromatic rings. The molecule has 142 valence electrons. The summed E-state index contributed by atoms with van der Waals surface area (Å²) in [5.74, 6) is 0.0321. The Hall–Kier alpha value is -1.75. The second kappa shape index (κ2) is 11.1. The molecule has 26 heavy (non-hydrogen) atoms. The van der Waals surface area contributed by atoms with E-state index in [0.717, 1.165) is 17.7 Å². The number of nitrogens with two attached hydrogens (primary N) is 1. The second-order valence-corrected chi connectivity index (χ2v) is 6.50. The van der Waals surface area contributed by atoms with E-state index in [1.807, 2.05) is 24.3 Å². The van der Waals surface area contributed by atoms with Crippen molar-refractivity contribution >= 4 is 36.4 Å². The van der Waals surface area contributed by atoms with Crippen LogP contribution in [0.5, 0.6) is 0 Å². The van der Waals surface area contributed by atoms with Crippen molar-refractivity contribution in [1.82, 2.24) is 10.2 Å². The molecule has 0 unspecified atom stereocenters. The molecule has 1 heterocycles. The standard InChI is InChI=1S/C20H25N3O.2ClH/c21-19-8-6-16(7-9-19)13-20(24)22-14-17-4-3-5-18(12-17)15-23-10-1-2-11-23;;/h3-9,12H,1-2,10-11,13-15,21H2,(H,22,24);2*1H. The zero-order chi connectivity index (χ0) is 16.8. The number of hydrogen-bond acceptors (Lipinski definition) is 3. The number of anilines is 1. The minimum atomic E-state index is 0. The summed E-state index contributed by atoms with van der Waals surface area (Å²) in [7, 11) is 0. The van der Waals surface area contributed by atoms with Crippen molar-refractivity contribution in [3.8, 4) is 0 Å². The molecular formula is C20H27Cl2N3O. The molecule has 0 radical (unpaired) electrons. The van der Waals surface area contributed by atoms with Gasteiger partial charge in [-0.05, 0) is 54.8 Å². The Morgan fingerprint density at radius 3 is 2.31 bits per heavy atom. The van der Waals surface area contributed by atoms with Gasteiger partial charge in [0.2, 0.25) is 5.91 Å². The second-order valence-electron chi connectivity index (χ2n) is 6.50. The van der Waals surface area contributed by atoms with E-state index in [2.05, 4.69) is 34.5 Å². The molecule has 3 rings (SSSR count). The average molecular weight is 396 g/mol. The maximum atomic E-state index is 12.1. The van der Waals surface area contributed by atoms with E-state index < -0.39 is 0 Å². The SMILES string of the molecule is Cl.Cl.Nc1ccc(CC(=O)NCc2cccc(CN3CCCC3)c2)cc1. The van der Waals surface area contributed by atoms with Crippen LogP contribution in [-0.4, -0.2) is 23.9 Å². The first-order valence-corrected chi connectivity index (χ1v) is 8.60. The van der Waals surface area contributed by atoms with Gasteiger partial charge in [-0.15, -0.1) is 24.8 Å². The monoisotopic (exact) mass is 395 g/mol. The van der Waals surface area contributed by atoms with Crippen LogP contribution in [0, 0.1) is 0 Å². The van der Waals surface area contributed by atoms with Crippen molar-refractivity contribution in [2.45, 2.75) is 32.4 Å². The summed E-state index contributed by atoms with van der Waals surface area (Å²) < 4.78 is 0. The molecule has 0 bridgehead atoms. The highest BCUT2D eigenvalue weighted by Crippen LogP contribution is 2.14. The van der Waals surface area contributed by atoms with Crippen LogP contribution in [0.25, 0.3) is 0 Å². The van der Waals surface area contributed by atoms with Crippen LogP contribution in [0.3, 0.4) is 0 Å². The fourth-order valence-corrected chi connectivity index (χ4v) is 3.12. The Morgan fingerprint density at radius 1 is 0.962 bits per heavy atom. The number of likely N-dealkylation sites (tertiary alicyclic amines) is 1. The summed E-state index contributed by atoms with van der Waals surface area (Å²) in [6.45, 7) is 3.97. The van der Waals surface area contributed by atoms with E-state index in [1.165, 1.54) is 31.5 Å². The number of carbonyl (C=O) groups excluding carboxylic acids is 1. The lowest BCUT2D eigenvalue weighted by atomic mass is 10.1. The molecule has 0 saturated carbocycles. The number of halogens is 2. The number of hydrogen-bond donors (Lipinski definition) is 2. The smallest absolute Gasteiger partial charge is 0.224 e. The summed E-state index contributed by atoms with van der Waals surface area (Å²) in [4.78, 5) is 14.6. The van der Waals surface area contributed by atoms with Crippen LogP contribution in [0.1, 0.15) is 29.5 Å². The lowest BCUT2D eigenvalue weighted by Gasteiger charge is -2.15. The highest BCUT2D eigenvalue weighted by atomic mass is 35.5. The summed E-state index contributed by atoms with van der Waals surface area (Å²) >= 11 is 0. The van der Waals surface area contributed by atoms with Gasteiger partial charge in [-0.3, -0.25) is 9.69 Å². The number of rotatable bonds is 6. The third-order valence-electron chi connectivity index (χ3n) is 4.43. The highest BCUT2D eigenvalue weighted by molar-refractivity contribution is 5.85. The van der Waals surface area contributed by atoms with Crippen LogP contribution in [0.2, 0.25) is 0 Å². The molecule has 6 heteroatoms. The van der Waals surface area contributed by atoms with Crippen molar-refractivity contribution in [2.75, 3.05) is 18.8 Å². The zero-order valence-corrected chi connectivity index (χ0v) is 16.5. The van der Waals surface area contributed by atoms with Crippen molar-refractivity contribution < 1.29 is 4.79 Å². The van der Waals surface area contributed by atoms with E-state index in [9.17, 15) is 4.79 Å². The normalized spacial score (nSPS) is 13.5. The van der Waals surface area contributed by atoms with Crippen molar-refractivity contribution in [1.29, 1.82) is 0 Å². The maximum Gasteiger partial charge on any atom is 0.224 e. The Kier molecular flexibility index (Phi) is 9.49. The summed E-state index contributed by atoms with van der Waals surface area (Å²) in [5, 5.41) is 3.00. The number of carbonyl (C=O) groups is 1. The molecule has 4 nitrogen and oxygen atoms in total. The largest absolute Gasteiger partial charge is 0.399 e. The van der Waals surface area contributed by atoms with Gasteiger partial charge < -0.3 is 11.1 Å². The number of nitrogens with zero attached hydrogens (tertiary/aromatic N) is 1. The van der Waals surface area contributed by atoms with E-state index in [0.29, 0.717) is 18.7 Å². The zero-order valence-electron chi connectivity index (χ0n) is 14.8. The molecular weight excluding hydrogens is 369 g/mol. The lowest BCUT2D eigenvalue weighted by Crippen LogP contribution is -2.24. The van der Waals surface area contributed by atoms with E-state index in [-0.39, 0.29) is 30.7 Å². The molecule has 2 aromatic carbocycles. The quantitative estimate of drug-likeness (QED) is 0.734. The third kappa shape index (κ3) is 6.87. The van der Waals surface area contributed by atoms with Crippen molar-refractivity contribution in [2.24, 2.45) is 0 Å². The Bertz CT molecular complexity index is 686. The van der Waals surface area contributed by atoms with Crippen LogP contribution in [-0.2, 0) is 24.3 Å². The Morgan fingerprint density at radius 2 is 1.62 bits per heavy atom. The molecule has 0 atom stereocenters. The minimum absolute atomic E-state index is 0. The molecule has 1 saturated heterocycles. The predicted octanol–water partition coefficient (Wildman–Crippen LogP) is 3.57. The van der Waals surface area contributed by atoms with Crippen LogP contribution >= 0.6 is 24.8 Å². The van der Waals surface area contributed by atoms with Gasteiger partial charge in [-0.25, -0.2) is 0 Å². The first-order chi connectivity index (χ1) is 11.7. The van der Waals surface area contributed by atoms with Gasteiger partial charge in [0.05, 0.1) is 6.42 Å². The van der Waals surface area contributed by atoms with E-state index in [1.54, 1.807) is 0 Å². The average Bonchev–Trinajstić information content (AvgIpc) is 3.08. The topological polar surface area (TPSA) is 58.4 Å².